The van der Waals surface area contributed by atoms with Crippen LogP contribution in [-0.4, -0.2) is 26.2 Å². The maximum absolute atomic E-state index is 13.3. The minimum Gasteiger partial charge on any atom is -0.508 e. The fourth-order valence-electron chi connectivity index (χ4n) is 3.59. The second-order valence-electron chi connectivity index (χ2n) is 6.96. The Morgan fingerprint density at radius 1 is 0.931 bits per heavy atom. The van der Waals surface area contributed by atoms with Crippen LogP contribution in [0, 0.1) is 5.82 Å². The standard InChI is InChI=1S/C23H20FNO3S/c24-18-8-10-19(11-9-18)25-21(17-6-12-20(26)13-7-17)22(23(25)27)29(28)15-14-16-4-2-1-3-5-16/h1-13,21-22,26H,14-15H2/t21-,22+,29-/m1/s1. The Labute approximate surface area is 171 Å². The molecule has 6 heteroatoms. The van der Waals surface area contributed by atoms with Crippen molar-refractivity contribution in [2.75, 3.05) is 10.7 Å². The van der Waals surface area contributed by atoms with Gasteiger partial charge in [-0.2, -0.15) is 0 Å². The quantitative estimate of drug-likeness (QED) is 0.627. The van der Waals surface area contributed by atoms with Crippen LogP contribution in [-0.2, 0) is 22.0 Å². The second-order valence-corrected chi connectivity index (χ2v) is 8.64. The first-order valence-electron chi connectivity index (χ1n) is 9.33. The van der Waals surface area contributed by atoms with Gasteiger partial charge in [-0.25, -0.2) is 4.39 Å². The highest BCUT2D eigenvalue weighted by atomic mass is 32.2. The van der Waals surface area contributed by atoms with Crippen molar-refractivity contribution in [2.24, 2.45) is 0 Å². The molecule has 4 nitrogen and oxygen atoms in total. The van der Waals surface area contributed by atoms with Gasteiger partial charge < -0.3 is 10.0 Å². The van der Waals surface area contributed by atoms with Gasteiger partial charge in [0.15, 0.2) is 0 Å². The number of aryl methyl sites for hydroxylation is 1. The summed E-state index contributed by atoms with van der Waals surface area (Å²) in [6, 6.07) is 21.6. The molecule has 1 saturated heterocycles. The number of rotatable bonds is 6. The summed E-state index contributed by atoms with van der Waals surface area (Å²) >= 11 is 0. The minimum atomic E-state index is -1.37. The van der Waals surface area contributed by atoms with Crippen LogP contribution in [0.5, 0.6) is 5.75 Å². The third kappa shape index (κ3) is 3.93. The Balaban J connectivity index is 1.59. The third-order valence-electron chi connectivity index (χ3n) is 5.10. The number of aromatic hydroxyl groups is 1. The molecule has 0 aliphatic carbocycles. The molecule has 0 radical (unpaired) electrons. The highest BCUT2D eigenvalue weighted by Crippen LogP contribution is 2.42. The first kappa shape index (κ1) is 19.3. The van der Waals surface area contributed by atoms with Gasteiger partial charge in [-0.05, 0) is 53.9 Å². The molecule has 0 aromatic heterocycles. The molecule has 3 aromatic carbocycles. The normalized spacial score (nSPS) is 19.6. The number of amides is 1. The van der Waals surface area contributed by atoms with E-state index in [-0.39, 0.29) is 17.5 Å². The average molecular weight is 409 g/mol. The minimum absolute atomic E-state index is 0.120. The fraction of sp³-hybridized carbons (Fsp3) is 0.174. The van der Waals surface area contributed by atoms with E-state index in [4.69, 9.17) is 0 Å². The number of carbonyl (C=O) groups excluding carboxylic acids is 1. The third-order valence-corrected chi connectivity index (χ3v) is 6.74. The van der Waals surface area contributed by atoms with Crippen molar-refractivity contribution in [1.29, 1.82) is 0 Å². The van der Waals surface area contributed by atoms with E-state index < -0.39 is 22.1 Å². The van der Waals surface area contributed by atoms with Gasteiger partial charge in [-0.1, -0.05) is 42.5 Å². The Bertz CT molecular complexity index is 1020. The zero-order chi connectivity index (χ0) is 20.4. The monoisotopic (exact) mass is 409 g/mol. The molecule has 1 heterocycles. The molecular formula is C23H20FNO3S. The lowest BCUT2D eigenvalue weighted by Crippen LogP contribution is -2.61. The van der Waals surface area contributed by atoms with Gasteiger partial charge in [0.1, 0.15) is 16.8 Å². The van der Waals surface area contributed by atoms with E-state index in [9.17, 15) is 18.5 Å². The maximum atomic E-state index is 13.3. The molecule has 4 rings (SSSR count). The van der Waals surface area contributed by atoms with E-state index in [0.29, 0.717) is 17.9 Å². The van der Waals surface area contributed by atoms with Gasteiger partial charge in [0.2, 0.25) is 5.91 Å². The SMILES string of the molecule is O=C1[C@@H]([S@](=O)CCc2ccccc2)[C@@H](c2ccc(O)cc2)N1c1ccc(F)cc1. The summed E-state index contributed by atoms with van der Waals surface area (Å²) in [5.74, 6) is -0.117. The zero-order valence-electron chi connectivity index (χ0n) is 15.6. The molecule has 29 heavy (non-hydrogen) atoms. The van der Waals surface area contributed by atoms with Gasteiger partial charge in [0, 0.05) is 22.2 Å². The van der Waals surface area contributed by atoms with Gasteiger partial charge in [0.25, 0.3) is 0 Å². The molecule has 0 unspecified atom stereocenters. The number of phenols is 1. The van der Waals surface area contributed by atoms with Gasteiger partial charge in [-0.15, -0.1) is 0 Å². The van der Waals surface area contributed by atoms with Crippen molar-refractivity contribution >= 4 is 22.4 Å². The lowest BCUT2D eigenvalue weighted by Gasteiger charge is -2.46. The molecule has 1 fully saturated rings. The number of nitrogens with zero attached hydrogens (tertiary/aromatic N) is 1. The lowest BCUT2D eigenvalue weighted by atomic mass is 9.92. The van der Waals surface area contributed by atoms with Crippen molar-refractivity contribution in [3.8, 4) is 5.75 Å². The van der Waals surface area contributed by atoms with Crippen molar-refractivity contribution in [2.45, 2.75) is 17.7 Å². The Hall–Kier alpha value is -2.99. The lowest BCUT2D eigenvalue weighted by molar-refractivity contribution is -0.123. The largest absolute Gasteiger partial charge is 0.508 e. The molecule has 3 aromatic rings. The van der Waals surface area contributed by atoms with Crippen molar-refractivity contribution in [3.63, 3.8) is 0 Å². The van der Waals surface area contributed by atoms with Crippen LogP contribution < -0.4 is 4.90 Å². The summed E-state index contributed by atoms with van der Waals surface area (Å²) in [7, 11) is -1.37. The van der Waals surface area contributed by atoms with Crippen LogP contribution >= 0.6 is 0 Å². The number of halogens is 1. The molecule has 3 atom stereocenters. The number of β-lactam (4-membered cyclic amide) rings is 1. The van der Waals surface area contributed by atoms with Crippen LogP contribution in [0.2, 0.25) is 0 Å². The first-order chi connectivity index (χ1) is 14.0. The summed E-state index contributed by atoms with van der Waals surface area (Å²) in [5.41, 5.74) is 2.42. The van der Waals surface area contributed by atoms with E-state index in [2.05, 4.69) is 0 Å². The van der Waals surface area contributed by atoms with Gasteiger partial charge in [0.05, 0.1) is 6.04 Å². The predicted octanol–water partition coefficient (Wildman–Crippen LogP) is 3.98. The number of carbonyl (C=O) groups is 1. The molecule has 1 aliphatic rings. The van der Waals surface area contributed by atoms with E-state index in [1.807, 2.05) is 30.3 Å². The molecule has 1 aliphatic heterocycles. The van der Waals surface area contributed by atoms with E-state index in [0.717, 1.165) is 11.1 Å². The smallest absolute Gasteiger partial charge is 0.245 e. The Kier molecular flexibility index (Phi) is 5.45. The highest BCUT2D eigenvalue weighted by Gasteiger charge is 2.52. The molecular weight excluding hydrogens is 389 g/mol. The number of hydrogen-bond donors (Lipinski definition) is 1. The molecule has 1 N–H and O–H groups in total. The van der Waals surface area contributed by atoms with Gasteiger partial charge >= 0.3 is 0 Å². The molecule has 0 bridgehead atoms. The van der Waals surface area contributed by atoms with Crippen LogP contribution in [0.4, 0.5) is 10.1 Å². The van der Waals surface area contributed by atoms with Crippen molar-refractivity contribution in [3.05, 3.63) is 95.8 Å². The highest BCUT2D eigenvalue weighted by molar-refractivity contribution is 7.86. The Morgan fingerprint density at radius 3 is 2.24 bits per heavy atom. The number of benzene rings is 3. The number of anilines is 1. The number of hydrogen-bond acceptors (Lipinski definition) is 3. The predicted molar refractivity (Wildman–Crippen MR) is 112 cm³/mol. The summed E-state index contributed by atoms with van der Waals surface area (Å²) in [6.45, 7) is 0. The van der Waals surface area contributed by atoms with Crippen LogP contribution in [0.15, 0.2) is 78.9 Å². The fourth-order valence-corrected chi connectivity index (χ4v) is 5.19. The zero-order valence-corrected chi connectivity index (χ0v) is 16.4. The molecule has 148 valence electrons. The van der Waals surface area contributed by atoms with Crippen LogP contribution in [0.25, 0.3) is 0 Å². The number of phenolic OH excluding ortho intramolecular Hbond substituents is 1. The van der Waals surface area contributed by atoms with E-state index in [1.165, 1.54) is 12.1 Å². The van der Waals surface area contributed by atoms with Crippen LogP contribution in [0.1, 0.15) is 17.2 Å². The first-order valence-corrected chi connectivity index (χ1v) is 10.7. The summed E-state index contributed by atoms with van der Waals surface area (Å²) in [6.07, 6.45) is 0.621. The maximum Gasteiger partial charge on any atom is 0.245 e. The topological polar surface area (TPSA) is 57.6 Å². The molecule has 1 amide bonds. The van der Waals surface area contributed by atoms with E-state index >= 15 is 0 Å². The Morgan fingerprint density at radius 2 is 1.59 bits per heavy atom. The van der Waals surface area contributed by atoms with Crippen LogP contribution in [0.3, 0.4) is 0 Å². The second kappa shape index (κ2) is 8.17. The van der Waals surface area contributed by atoms with Crippen molar-refractivity contribution < 1.29 is 18.5 Å². The molecule has 0 saturated carbocycles. The summed E-state index contributed by atoms with van der Waals surface area (Å²) < 4.78 is 26.4. The average Bonchev–Trinajstić information content (AvgIpc) is 2.73. The van der Waals surface area contributed by atoms with E-state index in [1.54, 1.807) is 41.3 Å². The summed E-state index contributed by atoms with van der Waals surface area (Å²) in [5, 5.41) is 8.92. The van der Waals surface area contributed by atoms with Crippen molar-refractivity contribution in [1.82, 2.24) is 0 Å². The van der Waals surface area contributed by atoms with Gasteiger partial charge in [-0.3, -0.25) is 9.00 Å². The summed E-state index contributed by atoms with van der Waals surface area (Å²) in [4.78, 5) is 14.5. The molecule has 0 spiro atoms.